The summed E-state index contributed by atoms with van der Waals surface area (Å²) in [5, 5.41) is 0.466. The Hall–Kier alpha value is -2.52. The van der Waals surface area contributed by atoms with Crippen LogP contribution >= 0.6 is 11.3 Å². The van der Waals surface area contributed by atoms with Crippen molar-refractivity contribution in [2.24, 2.45) is 0 Å². The number of halogens is 1. The van der Waals surface area contributed by atoms with Crippen LogP contribution in [0.2, 0.25) is 0 Å². The number of hydrazine groups is 1. The number of benzene rings is 2. The summed E-state index contributed by atoms with van der Waals surface area (Å²) in [5.74, 6) is -2.03. The number of hydrogen-bond donors (Lipinski definition) is 2. The molecule has 136 valence electrons. The fourth-order valence-corrected chi connectivity index (χ4v) is 4.40. The average Bonchev–Trinajstić information content (AvgIpc) is 3.03. The first-order chi connectivity index (χ1) is 12.4. The quantitative estimate of drug-likeness (QED) is 0.497. The van der Waals surface area contributed by atoms with Crippen molar-refractivity contribution in [3.05, 3.63) is 53.8 Å². The van der Waals surface area contributed by atoms with Gasteiger partial charge in [0.1, 0.15) is 11.6 Å². The van der Waals surface area contributed by atoms with Gasteiger partial charge < -0.3 is 0 Å². The van der Waals surface area contributed by atoms with Crippen LogP contribution in [0.1, 0.15) is 12.5 Å². The summed E-state index contributed by atoms with van der Waals surface area (Å²) in [5.41, 5.74) is 6.94. The van der Waals surface area contributed by atoms with E-state index in [0.29, 0.717) is 5.13 Å². The lowest BCUT2D eigenvalue weighted by Gasteiger charge is -2.06. The maximum atomic E-state index is 12.9. The lowest BCUT2D eigenvalue weighted by Crippen LogP contribution is -2.34. The Morgan fingerprint density at radius 3 is 2.62 bits per heavy atom. The molecule has 0 aliphatic heterocycles. The van der Waals surface area contributed by atoms with Crippen molar-refractivity contribution in [1.29, 1.82) is 0 Å². The minimum atomic E-state index is -3.85. The van der Waals surface area contributed by atoms with Crippen LogP contribution in [0.5, 0.6) is 0 Å². The number of amides is 1. The van der Waals surface area contributed by atoms with E-state index in [2.05, 4.69) is 15.8 Å². The van der Waals surface area contributed by atoms with E-state index in [9.17, 15) is 17.6 Å². The summed E-state index contributed by atoms with van der Waals surface area (Å²) in [7, 11) is -3.85. The smallest absolute Gasteiger partial charge is 0.253 e. The molecule has 0 aliphatic rings. The van der Waals surface area contributed by atoms with Gasteiger partial charge in [0.25, 0.3) is 5.91 Å². The molecule has 1 amide bonds. The van der Waals surface area contributed by atoms with E-state index >= 15 is 0 Å². The number of sulfone groups is 1. The molecule has 0 saturated carbocycles. The molecule has 0 fully saturated rings. The van der Waals surface area contributed by atoms with Gasteiger partial charge in [-0.15, -0.1) is 0 Å². The zero-order valence-corrected chi connectivity index (χ0v) is 15.5. The Kier molecular flexibility index (Phi) is 5.19. The highest BCUT2D eigenvalue weighted by Gasteiger charge is 2.19. The molecule has 3 aromatic rings. The highest BCUT2D eigenvalue weighted by atomic mass is 32.2. The normalized spacial score (nSPS) is 11.5. The molecule has 0 radical (unpaired) electrons. The van der Waals surface area contributed by atoms with Crippen LogP contribution in [0.3, 0.4) is 0 Å². The van der Waals surface area contributed by atoms with Gasteiger partial charge in [-0.1, -0.05) is 30.4 Å². The van der Waals surface area contributed by atoms with Crippen molar-refractivity contribution in [2.75, 3.05) is 11.2 Å². The van der Waals surface area contributed by atoms with Crippen LogP contribution in [0.25, 0.3) is 10.2 Å². The van der Waals surface area contributed by atoms with Gasteiger partial charge in [-0.2, -0.15) is 0 Å². The number of thiazole rings is 1. The fraction of sp³-hybridized carbons (Fsp3) is 0.176. The van der Waals surface area contributed by atoms with Gasteiger partial charge >= 0.3 is 0 Å². The van der Waals surface area contributed by atoms with E-state index in [0.717, 1.165) is 46.5 Å². The molecule has 26 heavy (non-hydrogen) atoms. The third-order valence-electron chi connectivity index (χ3n) is 3.69. The maximum absolute atomic E-state index is 12.9. The first kappa shape index (κ1) is 18.3. The maximum Gasteiger partial charge on any atom is 0.253 e. The van der Waals surface area contributed by atoms with Crippen LogP contribution in [-0.2, 0) is 21.1 Å². The van der Waals surface area contributed by atoms with Crippen molar-refractivity contribution in [2.45, 2.75) is 18.2 Å². The van der Waals surface area contributed by atoms with Gasteiger partial charge in [0.05, 0.1) is 15.1 Å². The van der Waals surface area contributed by atoms with Crippen LogP contribution in [0.4, 0.5) is 9.52 Å². The standard InChI is InChI=1S/C17H16FN3O3S2/c1-2-11-4-3-5-14-16(11)19-17(25-14)21-20-15(22)10-26(23,24)13-8-6-12(18)7-9-13/h3-9H,2,10H2,1H3,(H,19,21)(H,20,22). The Morgan fingerprint density at radius 2 is 1.92 bits per heavy atom. The van der Waals surface area contributed by atoms with Crippen molar-refractivity contribution in [1.82, 2.24) is 10.4 Å². The fourth-order valence-electron chi connectivity index (χ4n) is 2.40. The summed E-state index contributed by atoms with van der Waals surface area (Å²) in [4.78, 5) is 16.3. The third kappa shape index (κ3) is 4.00. The average molecular weight is 393 g/mol. The second-order valence-electron chi connectivity index (χ2n) is 5.52. The van der Waals surface area contributed by atoms with Crippen LogP contribution < -0.4 is 10.9 Å². The number of rotatable bonds is 6. The van der Waals surface area contributed by atoms with Gasteiger partial charge in [0, 0.05) is 0 Å². The highest BCUT2D eigenvalue weighted by molar-refractivity contribution is 7.92. The summed E-state index contributed by atoms with van der Waals surface area (Å²) in [6.07, 6.45) is 0.836. The summed E-state index contributed by atoms with van der Waals surface area (Å²) < 4.78 is 38.2. The van der Waals surface area contributed by atoms with E-state index < -0.39 is 27.3 Å². The second-order valence-corrected chi connectivity index (χ2v) is 8.54. The van der Waals surface area contributed by atoms with Crippen molar-refractivity contribution < 1.29 is 17.6 Å². The number of nitrogens with zero attached hydrogens (tertiary/aromatic N) is 1. The van der Waals surface area contributed by atoms with E-state index in [-0.39, 0.29) is 4.90 Å². The predicted octanol–water partition coefficient (Wildman–Crippen LogP) is 2.91. The molecule has 0 aliphatic carbocycles. The molecule has 0 spiro atoms. The summed E-state index contributed by atoms with van der Waals surface area (Å²) in [6.45, 7) is 2.03. The van der Waals surface area contributed by atoms with Crippen LogP contribution in [0, 0.1) is 5.82 Å². The molecule has 2 N–H and O–H groups in total. The van der Waals surface area contributed by atoms with Gasteiger partial charge in [-0.3, -0.25) is 15.6 Å². The van der Waals surface area contributed by atoms with Crippen molar-refractivity contribution in [3.8, 4) is 0 Å². The molecule has 0 atom stereocenters. The number of aromatic nitrogens is 1. The number of para-hydroxylation sites is 1. The Morgan fingerprint density at radius 1 is 1.19 bits per heavy atom. The van der Waals surface area contributed by atoms with Crippen molar-refractivity contribution >= 4 is 42.4 Å². The van der Waals surface area contributed by atoms with Gasteiger partial charge in [-0.05, 0) is 42.3 Å². The lowest BCUT2D eigenvalue weighted by molar-refractivity contribution is -0.118. The molecular weight excluding hydrogens is 377 g/mol. The van der Waals surface area contributed by atoms with E-state index in [1.807, 2.05) is 25.1 Å². The molecule has 0 unspecified atom stereocenters. The van der Waals surface area contributed by atoms with E-state index in [1.165, 1.54) is 11.3 Å². The molecule has 9 heteroatoms. The number of carbonyl (C=O) groups is 1. The van der Waals surface area contributed by atoms with Crippen LogP contribution in [-0.4, -0.2) is 25.1 Å². The molecule has 0 saturated heterocycles. The summed E-state index contributed by atoms with van der Waals surface area (Å²) >= 11 is 1.36. The number of fused-ring (bicyclic) bond motifs is 1. The number of carbonyl (C=O) groups excluding carboxylic acids is 1. The minimum Gasteiger partial charge on any atom is -0.273 e. The van der Waals surface area contributed by atoms with E-state index in [1.54, 1.807) is 0 Å². The first-order valence-corrected chi connectivity index (χ1v) is 10.3. The molecular formula is C17H16FN3O3S2. The lowest BCUT2D eigenvalue weighted by atomic mass is 10.1. The monoisotopic (exact) mass is 393 g/mol. The van der Waals surface area contributed by atoms with Crippen LogP contribution in [0.15, 0.2) is 47.4 Å². The Balaban J connectivity index is 1.66. The molecule has 1 aromatic heterocycles. The Bertz CT molecular complexity index is 1050. The predicted molar refractivity (Wildman–Crippen MR) is 99.2 cm³/mol. The van der Waals surface area contributed by atoms with Gasteiger partial charge in [-0.25, -0.2) is 17.8 Å². The molecule has 1 heterocycles. The number of nitrogens with one attached hydrogen (secondary N) is 2. The topological polar surface area (TPSA) is 88.2 Å². The molecule has 3 rings (SSSR count). The molecule has 6 nitrogen and oxygen atoms in total. The van der Waals surface area contributed by atoms with Gasteiger partial charge in [0.2, 0.25) is 5.13 Å². The van der Waals surface area contributed by atoms with Gasteiger partial charge in [0.15, 0.2) is 9.84 Å². The summed E-state index contributed by atoms with van der Waals surface area (Å²) in [6, 6.07) is 10.2. The SMILES string of the molecule is CCc1cccc2sc(NNC(=O)CS(=O)(=O)c3ccc(F)cc3)nc12. The number of aryl methyl sites for hydroxylation is 1. The number of hydrogen-bond acceptors (Lipinski definition) is 6. The zero-order chi connectivity index (χ0) is 18.7. The zero-order valence-electron chi connectivity index (χ0n) is 13.8. The molecule has 0 bridgehead atoms. The van der Waals surface area contributed by atoms with E-state index in [4.69, 9.17) is 0 Å². The Labute approximate surface area is 154 Å². The number of anilines is 1. The third-order valence-corrected chi connectivity index (χ3v) is 6.25. The molecule has 2 aromatic carbocycles. The largest absolute Gasteiger partial charge is 0.273 e. The minimum absolute atomic E-state index is 0.110. The first-order valence-electron chi connectivity index (χ1n) is 7.80. The highest BCUT2D eigenvalue weighted by Crippen LogP contribution is 2.28. The second kappa shape index (κ2) is 7.38. The van der Waals surface area contributed by atoms with Crippen molar-refractivity contribution in [3.63, 3.8) is 0 Å².